The molecule has 1 fully saturated rings. The molecule has 1 amide bonds. The zero-order valence-corrected chi connectivity index (χ0v) is 14.5. The Bertz CT molecular complexity index is 1020. The number of hydrogen-bond donors (Lipinski definition) is 1. The van der Waals surface area contributed by atoms with Crippen molar-refractivity contribution in [2.24, 2.45) is 0 Å². The Morgan fingerprint density at radius 3 is 2.74 bits per heavy atom. The monoisotopic (exact) mass is 367 g/mol. The lowest BCUT2D eigenvalue weighted by molar-refractivity contribution is 0.0947. The molecule has 0 radical (unpaired) electrons. The number of benzene rings is 1. The fraction of sp³-hybridized carbons (Fsp3) is 0.263. The fourth-order valence-corrected chi connectivity index (χ4v) is 2.94. The molecular weight excluding hydrogens is 349 g/mol. The van der Waals surface area contributed by atoms with Crippen molar-refractivity contribution >= 4 is 5.91 Å². The van der Waals surface area contributed by atoms with Gasteiger partial charge in [0.15, 0.2) is 5.82 Å². The maximum atomic E-state index is 13.7. The minimum Gasteiger partial charge on any atom is -0.350 e. The van der Waals surface area contributed by atoms with Gasteiger partial charge in [-0.2, -0.15) is 0 Å². The molecule has 27 heavy (non-hydrogen) atoms. The van der Waals surface area contributed by atoms with Gasteiger partial charge in [0.05, 0.1) is 12.1 Å². The smallest absolute Gasteiger partial charge is 0.346 e. The van der Waals surface area contributed by atoms with E-state index < -0.39 is 11.7 Å². The van der Waals surface area contributed by atoms with E-state index in [1.54, 1.807) is 29.1 Å². The molecule has 2 heterocycles. The van der Waals surface area contributed by atoms with Crippen LogP contribution in [0.25, 0.3) is 11.4 Å². The van der Waals surface area contributed by atoms with Crippen molar-refractivity contribution in [3.63, 3.8) is 0 Å². The number of carbonyl (C=O) groups is 1. The Balaban J connectivity index is 1.51. The van der Waals surface area contributed by atoms with Gasteiger partial charge in [-0.1, -0.05) is 12.1 Å². The fourth-order valence-electron chi connectivity index (χ4n) is 2.94. The summed E-state index contributed by atoms with van der Waals surface area (Å²) in [5.74, 6) is -0.518. The van der Waals surface area contributed by atoms with E-state index in [-0.39, 0.29) is 30.4 Å². The summed E-state index contributed by atoms with van der Waals surface area (Å²) in [7, 11) is 0. The predicted molar refractivity (Wildman–Crippen MR) is 96.7 cm³/mol. The summed E-state index contributed by atoms with van der Waals surface area (Å²) in [5, 5.41) is 7.06. The lowest BCUT2D eigenvalue weighted by atomic mass is 10.2. The summed E-state index contributed by atoms with van der Waals surface area (Å²) in [5.41, 5.74) is 0.538. The Morgan fingerprint density at radius 2 is 2.04 bits per heavy atom. The van der Waals surface area contributed by atoms with Gasteiger partial charge < -0.3 is 5.32 Å². The molecule has 1 aromatic carbocycles. The van der Waals surface area contributed by atoms with Crippen molar-refractivity contribution in [3.05, 3.63) is 70.7 Å². The van der Waals surface area contributed by atoms with Gasteiger partial charge in [0.1, 0.15) is 5.82 Å². The number of pyridine rings is 1. The number of carbonyl (C=O) groups excluding carboxylic acids is 1. The number of halogens is 1. The van der Waals surface area contributed by atoms with E-state index in [4.69, 9.17) is 0 Å². The highest BCUT2D eigenvalue weighted by Gasteiger charge is 2.30. The lowest BCUT2D eigenvalue weighted by Crippen LogP contribution is -2.32. The van der Waals surface area contributed by atoms with Crippen LogP contribution < -0.4 is 11.0 Å². The third kappa shape index (κ3) is 3.51. The summed E-state index contributed by atoms with van der Waals surface area (Å²) in [6.45, 7) is 0.368. The number of nitrogens with zero attached hydrogens (tertiary/aromatic N) is 4. The van der Waals surface area contributed by atoms with Crippen LogP contribution in [0.3, 0.4) is 0 Å². The van der Waals surface area contributed by atoms with Gasteiger partial charge >= 0.3 is 5.69 Å². The van der Waals surface area contributed by atoms with E-state index in [1.165, 1.54) is 22.9 Å². The van der Waals surface area contributed by atoms with Gasteiger partial charge in [0.25, 0.3) is 5.91 Å². The highest BCUT2D eigenvalue weighted by Crippen LogP contribution is 2.36. The van der Waals surface area contributed by atoms with Crippen LogP contribution in [0.1, 0.15) is 29.2 Å². The van der Waals surface area contributed by atoms with Crippen LogP contribution in [-0.4, -0.2) is 31.8 Å². The van der Waals surface area contributed by atoms with E-state index in [0.29, 0.717) is 5.82 Å². The summed E-state index contributed by atoms with van der Waals surface area (Å²) in [4.78, 5) is 28.9. The number of amides is 1. The zero-order valence-electron chi connectivity index (χ0n) is 14.5. The average molecular weight is 367 g/mol. The normalized spacial score (nSPS) is 13.5. The van der Waals surface area contributed by atoms with Gasteiger partial charge in [-0.05, 0) is 37.1 Å². The first-order valence-electron chi connectivity index (χ1n) is 8.77. The van der Waals surface area contributed by atoms with E-state index in [9.17, 15) is 14.0 Å². The largest absolute Gasteiger partial charge is 0.350 e. The molecule has 2 aromatic heterocycles. The molecule has 0 saturated heterocycles. The highest BCUT2D eigenvalue weighted by molar-refractivity contribution is 5.94. The maximum Gasteiger partial charge on any atom is 0.346 e. The van der Waals surface area contributed by atoms with Crippen LogP contribution in [0.4, 0.5) is 4.39 Å². The van der Waals surface area contributed by atoms with Gasteiger partial charge in [0.2, 0.25) is 0 Å². The summed E-state index contributed by atoms with van der Waals surface area (Å²) < 4.78 is 16.7. The summed E-state index contributed by atoms with van der Waals surface area (Å²) in [6, 6.07) is 9.59. The van der Waals surface area contributed by atoms with Crippen molar-refractivity contribution in [2.75, 3.05) is 6.54 Å². The molecule has 3 aromatic rings. The first-order chi connectivity index (χ1) is 13.1. The van der Waals surface area contributed by atoms with Crippen LogP contribution in [0, 0.1) is 5.82 Å². The van der Waals surface area contributed by atoms with Gasteiger partial charge in [-0.25, -0.2) is 13.9 Å². The number of hydrogen-bond acceptors (Lipinski definition) is 4. The van der Waals surface area contributed by atoms with Crippen LogP contribution in [0.5, 0.6) is 0 Å². The Kier molecular flexibility index (Phi) is 4.53. The molecule has 1 N–H and O–H groups in total. The van der Waals surface area contributed by atoms with E-state index in [1.807, 2.05) is 6.07 Å². The second-order valence-corrected chi connectivity index (χ2v) is 6.41. The topological polar surface area (TPSA) is 81.8 Å². The molecule has 7 nitrogen and oxygen atoms in total. The van der Waals surface area contributed by atoms with Crippen molar-refractivity contribution in [1.29, 1.82) is 0 Å². The van der Waals surface area contributed by atoms with E-state index >= 15 is 0 Å². The van der Waals surface area contributed by atoms with Crippen molar-refractivity contribution in [3.8, 4) is 11.4 Å². The first-order valence-corrected chi connectivity index (χ1v) is 8.77. The third-order valence-electron chi connectivity index (χ3n) is 4.43. The Labute approximate surface area is 154 Å². The molecule has 0 bridgehead atoms. The Hall–Kier alpha value is -3.29. The molecule has 1 aliphatic rings. The number of rotatable bonds is 6. The minimum absolute atomic E-state index is 0.0237. The van der Waals surface area contributed by atoms with Gasteiger partial charge in [-0.3, -0.25) is 14.3 Å². The standard InChI is InChI=1S/C19H18FN5O2/c20-16-6-2-1-5-15(16)18(26)22-10-11-24-19(27)25(14-7-8-14)17(23-24)13-4-3-9-21-12-13/h1-6,9,12,14H,7-8,10-11H2,(H,22,26). The van der Waals surface area contributed by atoms with Crippen molar-refractivity contribution in [2.45, 2.75) is 25.4 Å². The van der Waals surface area contributed by atoms with Crippen LogP contribution in [0.2, 0.25) is 0 Å². The van der Waals surface area contributed by atoms with Gasteiger partial charge in [-0.15, -0.1) is 5.10 Å². The third-order valence-corrected chi connectivity index (χ3v) is 4.43. The molecule has 138 valence electrons. The van der Waals surface area contributed by atoms with E-state index in [2.05, 4.69) is 15.4 Å². The molecule has 8 heteroatoms. The zero-order chi connectivity index (χ0) is 18.8. The molecule has 4 rings (SSSR count). The van der Waals surface area contributed by atoms with Crippen LogP contribution in [-0.2, 0) is 6.54 Å². The minimum atomic E-state index is -0.580. The SMILES string of the molecule is O=C(NCCn1nc(-c2cccnc2)n(C2CC2)c1=O)c1ccccc1F. The molecule has 0 aliphatic heterocycles. The molecular formula is C19H18FN5O2. The van der Waals surface area contributed by atoms with Crippen LogP contribution in [0.15, 0.2) is 53.6 Å². The predicted octanol–water partition coefficient (Wildman–Crippen LogP) is 2.01. The summed E-state index contributed by atoms with van der Waals surface area (Å²) >= 11 is 0. The maximum absolute atomic E-state index is 13.7. The second-order valence-electron chi connectivity index (χ2n) is 6.41. The van der Waals surface area contributed by atoms with Crippen molar-refractivity contribution in [1.82, 2.24) is 24.6 Å². The summed E-state index contributed by atoms with van der Waals surface area (Å²) in [6.07, 6.45) is 5.23. The van der Waals surface area contributed by atoms with Crippen LogP contribution >= 0.6 is 0 Å². The quantitative estimate of drug-likeness (QED) is 0.723. The number of aromatic nitrogens is 4. The Morgan fingerprint density at radius 1 is 1.22 bits per heavy atom. The molecule has 0 atom stereocenters. The van der Waals surface area contributed by atoms with Gasteiger partial charge in [0, 0.05) is 30.5 Å². The molecule has 0 unspecified atom stereocenters. The molecule has 1 aliphatic carbocycles. The molecule has 0 spiro atoms. The average Bonchev–Trinajstić information content (AvgIpc) is 3.47. The number of nitrogens with one attached hydrogen (secondary N) is 1. The van der Waals surface area contributed by atoms with Crippen molar-refractivity contribution < 1.29 is 9.18 Å². The lowest BCUT2D eigenvalue weighted by Gasteiger charge is -2.05. The highest BCUT2D eigenvalue weighted by atomic mass is 19.1. The second kappa shape index (κ2) is 7.14. The molecule has 1 saturated carbocycles. The van der Waals surface area contributed by atoms with E-state index in [0.717, 1.165) is 18.4 Å². The first kappa shape index (κ1) is 17.1.